The molecular weight excluding hydrogens is 528 g/mol. The summed E-state index contributed by atoms with van der Waals surface area (Å²) in [5.74, 6) is 2.56. The molecule has 6 nitrogen and oxygen atoms in total. The van der Waals surface area contributed by atoms with E-state index in [1.54, 1.807) is 0 Å². The van der Waals surface area contributed by atoms with Crippen LogP contribution in [-0.2, 0) is 14.2 Å². The Bertz CT molecular complexity index is 1250. The van der Waals surface area contributed by atoms with Crippen molar-refractivity contribution < 1.29 is 28.4 Å². The number of hydrogen-bond donors (Lipinski definition) is 0. The summed E-state index contributed by atoms with van der Waals surface area (Å²) in [6.45, 7) is 12.9. The first kappa shape index (κ1) is 29.0. The molecule has 3 aromatic rings. The molecule has 42 heavy (non-hydrogen) atoms. The highest BCUT2D eigenvalue weighted by molar-refractivity contribution is 5.86. The third-order valence-electron chi connectivity index (χ3n) is 9.66. The zero-order valence-electron chi connectivity index (χ0n) is 25.3. The molecule has 3 aliphatic rings. The molecule has 0 radical (unpaired) electrons. The van der Waals surface area contributed by atoms with Crippen molar-refractivity contribution in [1.29, 1.82) is 0 Å². The van der Waals surface area contributed by atoms with Crippen molar-refractivity contribution in [2.75, 3.05) is 59.5 Å². The molecule has 0 amide bonds. The van der Waals surface area contributed by atoms with Gasteiger partial charge in [-0.1, -0.05) is 75.4 Å². The standard InChI is InChI=1S/C36H44O6/c1-4-34(18-37-19-34)24-40-31-16-9-7-12-27(31)29-14-11-15-30(33(29)42-26-36(6-3)22-39-23-36)28-13-8-10-17-32(28)41-25-35(5-2)20-38-21-35/h7-17H,4-6,18-26H2,1-3H3. The van der Waals surface area contributed by atoms with E-state index in [1.807, 2.05) is 12.1 Å². The molecule has 0 atom stereocenters. The van der Waals surface area contributed by atoms with Crippen LogP contribution in [0.2, 0.25) is 0 Å². The van der Waals surface area contributed by atoms with E-state index in [0.29, 0.717) is 19.8 Å². The summed E-state index contributed by atoms with van der Waals surface area (Å²) in [5, 5.41) is 0. The van der Waals surface area contributed by atoms with Crippen molar-refractivity contribution in [3.8, 4) is 39.5 Å². The summed E-state index contributed by atoms with van der Waals surface area (Å²) in [7, 11) is 0. The van der Waals surface area contributed by atoms with Crippen molar-refractivity contribution in [3.63, 3.8) is 0 Å². The van der Waals surface area contributed by atoms with Gasteiger partial charge in [0.15, 0.2) is 0 Å². The van der Waals surface area contributed by atoms with Gasteiger partial charge in [0.25, 0.3) is 0 Å². The summed E-state index contributed by atoms with van der Waals surface area (Å²) < 4.78 is 36.6. The van der Waals surface area contributed by atoms with Crippen LogP contribution in [-0.4, -0.2) is 59.5 Å². The molecule has 3 aliphatic heterocycles. The number of benzene rings is 3. The van der Waals surface area contributed by atoms with Gasteiger partial charge in [0.2, 0.25) is 0 Å². The van der Waals surface area contributed by atoms with Gasteiger partial charge >= 0.3 is 0 Å². The van der Waals surface area contributed by atoms with Crippen LogP contribution in [0.5, 0.6) is 17.2 Å². The van der Waals surface area contributed by atoms with Gasteiger partial charge in [-0.15, -0.1) is 0 Å². The minimum atomic E-state index is 0.0336. The van der Waals surface area contributed by atoms with Gasteiger partial charge in [-0.05, 0) is 31.4 Å². The van der Waals surface area contributed by atoms with Crippen LogP contribution in [0.3, 0.4) is 0 Å². The van der Waals surface area contributed by atoms with Crippen LogP contribution >= 0.6 is 0 Å². The Morgan fingerprint density at radius 1 is 0.476 bits per heavy atom. The van der Waals surface area contributed by atoms with E-state index in [2.05, 4.69) is 75.4 Å². The summed E-state index contributed by atoms with van der Waals surface area (Å²) in [5.41, 5.74) is 4.27. The molecule has 0 aliphatic carbocycles. The molecule has 224 valence electrons. The van der Waals surface area contributed by atoms with Gasteiger partial charge < -0.3 is 28.4 Å². The van der Waals surface area contributed by atoms with Crippen molar-refractivity contribution in [2.45, 2.75) is 40.0 Å². The Balaban J connectivity index is 1.38. The smallest absolute Gasteiger partial charge is 0.135 e. The summed E-state index contributed by atoms with van der Waals surface area (Å²) in [4.78, 5) is 0. The monoisotopic (exact) mass is 572 g/mol. The zero-order chi connectivity index (χ0) is 29.0. The molecule has 0 aromatic heterocycles. The van der Waals surface area contributed by atoms with E-state index in [0.717, 1.165) is 98.4 Å². The minimum Gasteiger partial charge on any atom is -0.492 e. The van der Waals surface area contributed by atoms with Crippen molar-refractivity contribution in [2.24, 2.45) is 16.2 Å². The fourth-order valence-electron chi connectivity index (χ4n) is 5.77. The zero-order valence-corrected chi connectivity index (χ0v) is 25.3. The van der Waals surface area contributed by atoms with Crippen LogP contribution < -0.4 is 14.2 Å². The van der Waals surface area contributed by atoms with Crippen LogP contribution in [0.25, 0.3) is 22.3 Å². The quantitative estimate of drug-likeness (QED) is 0.200. The first-order valence-electron chi connectivity index (χ1n) is 15.5. The third kappa shape index (κ3) is 5.64. The maximum atomic E-state index is 6.85. The number of ether oxygens (including phenoxy) is 6. The van der Waals surface area contributed by atoms with Gasteiger partial charge in [-0.2, -0.15) is 0 Å². The fraction of sp³-hybridized carbons (Fsp3) is 0.500. The summed E-state index contributed by atoms with van der Waals surface area (Å²) in [6.07, 6.45) is 3.07. The Morgan fingerprint density at radius 2 is 0.833 bits per heavy atom. The SMILES string of the molecule is CCC1(COc2ccccc2-c2cccc(-c3ccccc3OCC3(CC)COC3)c2OCC2(CC)COC2)COC1. The van der Waals surface area contributed by atoms with Crippen LogP contribution in [0.15, 0.2) is 66.7 Å². The lowest BCUT2D eigenvalue weighted by Crippen LogP contribution is -2.46. The maximum Gasteiger partial charge on any atom is 0.135 e. The molecular formula is C36H44O6. The normalized spacial score (nSPS) is 19.6. The Morgan fingerprint density at radius 3 is 1.19 bits per heavy atom. The van der Waals surface area contributed by atoms with E-state index in [-0.39, 0.29) is 16.2 Å². The lowest BCUT2D eigenvalue weighted by atomic mass is 9.84. The van der Waals surface area contributed by atoms with Crippen LogP contribution in [0, 0.1) is 16.2 Å². The average molecular weight is 573 g/mol. The topological polar surface area (TPSA) is 55.4 Å². The molecule has 6 rings (SSSR count). The molecule has 0 N–H and O–H groups in total. The lowest BCUT2D eigenvalue weighted by Gasteiger charge is -2.41. The highest BCUT2D eigenvalue weighted by Gasteiger charge is 2.40. The second-order valence-corrected chi connectivity index (χ2v) is 12.6. The molecule has 3 aromatic carbocycles. The third-order valence-corrected chi connectivity index (χ3v) is 9.66. The van der Waals surface area contributed by atoms with E-state index in [1.165, 1.54) is 0 Å². The van der Waals surface area contributed by atoms with Gasteiger partial charge in [0.05, 0.1) is 75.7 Å². The number of rotatable bonds is 14. The Hall–Kier alpha value is -3.06. The molecule has 0 unspecified atom stereocenters. The maximum absolute atomic E-state index is 6.85. The van der Waals surface area contributed by atoms with Crippen molar-refractivity contribution >= 4 is 0 Å². The highest BCUT2D eigenvalue weighted by atomic mass is 16.5. The van der Waals surface area contributed by atoms with Gasteiger partial charge in [-0.25, -0.2) is 0 Å². The largest absolute Gasteiger partial charge is 0.492 e. The molecule has 3 saturated heterocycles. The van der Waals surface area contributed by atoms with Gasteiger partial charge in [-0.3, -0.25) is 0 Å². The lowest BCUT2D eigenvalue weighted by molar-refractivity contribution is -0.133. The molecule has 0 bridgehead atoms. The van der Waals surface area contributed by atoms with E-state index >= 15 is 0 Å². The molecule has 0 saturated carbocycles. The minimum absolute atomic E-state index is 0.0336. The number of hydrogen-bond acceptors (Lipinski definition) is 6. The predicted octanol–water partition coefficient (Wildman–Crippen LogP) is 7.44. The van der Waals surface area contributed by atoms with Crippen LogP contribution in [0.4, 0.5) is 0 Å². The van der Waals surface area contributed by atoms with Gasteiger partial charge in [0.1, 0.15) is 17.2 Å². The van der Waals surface area contributed by atoms with E-state index in [9.17, 15) is 0 Å². The Labute approximate surface area is 250 Å². The summed E-state index contributed by atoms with van der Waals surface area (Å²) in [6, 6.07) is 23.0. The predicted molar refractivity (Wildman–Crippen MR) is 164 cm³/mol. The second-order valence-electron chi connectivity index (χ2n) is 12.6. The first-order chi connectivity index (χ1) is 20.5. The van der Waals surface area contributed by atoms with Crippen LogP contribution in [0.1, 0.15) is 40.0 Å². The fourth-order valence-corrected chi connectivity index (χ4v) is 5.77. The van der Waals surface area contributed by atoms with Gasteiger partial charge in [0, 0.05) is 22.3 Å². The van der Waals surface area contributed by atoms with Crippen molar-refractivity contribution in [1.82, 2.24) is 0 Å². The Kier molecular flexibility index (Phi) is 8.49. The molecule has 3 heterocycles. The molecule has 6 heteroatoms. The van der Waals surface area contributed by atoms with Crippen molar-refractivity contribution in [3.05, 3.63) is 66.7 Å². The second kappa shape index (κ2) is 12.3. The average Bonchev–Trinajstić information content (AvgIpc) is 2.97. The van der Waals surface area contributed by atoms with E-state index < -0.39 is 0 Å². The first-order valence-corrected chi connectivity index (χ1v) is 15.5. The molecule has 3 fully saturated rings. The number of para-hydroxylation sites is 3. The molecule has 0 spiro atoms. The summed E-state index contributed by atoms with van der Waals surface area (Å²) >= 11 is 0. The highest BCUT2D eigenvalue weighted by Crippen LogP contribution is 2.46. The van der Waals surface area contributed by atoms with E-state index in [4.69, 9.17) is 28.4 Å².